The number of hydrogen-bond acceptors (Lipinski definition) is 6. The normalized spacial score (nSPS) is 12.2. The number of benzene rings is 3. The fourth-order valence-corrected chi connectivity index (χ4v) is 6.72. The molecular formula is C30H35N3O4S2. The molecular weight excluding hydrogens is 530 g/mol. The highest BCUT2D eigenvalue weighted by molar-refractivity contribution is 7.89. The number of aryl methyl sites for hydroxylation is 1. The van der Waals surface area contributed by atoms with Gasteiger partial charge in [-0.15, -0.1) is 11.3 Å². The molecule has 0 radical (unpaired) electrons. The number of thiazole rings is 1. The average molecular weight is 566 g/mol. The summed E-state index contributed by atoms with van der Waals surface area (Å²) in [5, 5.41) is 2.08. The summed E-state index contributed by atoms with van der Waals surface area (Å²) in [6.45, 7) is 7.86. The van der Waals surface area contributed by atoms with Crippen molar-refractivity contribution in [2.75, 3.05) is 26.8 Å². The summed E-state index contributed by atoms with van der Waals surface area (Å²) in [6.07, 6.45) is 0.804. The molecule has 0 spiro atoms. The summed E-state index contributed by atoms with van der Waals surface area (Å²) in [6, 6.07) is 23.0. The van der Waals surface area contributed by atoms with Gasteiger partial charge < -0.3 is 14.0 Å². The van der Waals surface area contributed by atoms with E-state index in [4.69, 9.17) is 14.5 Å². The zero-order chi connectivity index (χ0) is 27.8. The van der Waals surface area contributed by atoms with E-state index < -0.39 is 10.0 Å². The fraction of sp³-hybridized carbons (Fsp3) is 0.300. The molecule has 206 valence electrons. The van der Waals surface area contributed by atoms with Gasteiger partial charge >= 0.3 is 0 Å². The lowest BCUT2D eigenvalue weighted by Gasteiger charge is -2.18. The van der Waals surface area contributed by atoms with E-state index in [0.29, 0.717) is 31.1 Å². The van der Waals surface area contributed by atoms with Crippen LogP contribution in [0, 0.1) is 0 Å². The second-order valence-electron chi connectivity index (χ2n) is 8.81. The number of nitrogens with zero attached hydrogens (tertiary/aromatic N) is 3. The van der Waals surface area contributed by atoms with Crippen LogP contribution in [0.5, 0.6) is 11.5 Å². The van der Waals surface area contributed by atoms with E-state index in [2.05, 4.69) is 22.1 Å². The number of rotatable bonds is 12. The summed E-state index contributed by atoms with van der Waals surface area (Å²) in [5.74, 6) is 1.64. The topological polar surface area (TPSA) is 73.1 Å². The van der Waals surface area contributed by atoms with Gasteiger partial charge in [-0.2, -0.15) is 4.31 Å². The van der Waals surface area contributed by atoms with E-state index in [0.717, 1.165) is 39.7 Å². The van der Waals surface area contributed by atoms with E-state index >= 15 is 0 Å². The van der Waals surface area contributed by atoms with Crippen molar-refractivity contribution in [1.82, 2.24) is 8.87 Å². The van der Waals surface area contributed by atoms with Crippen LogP contribution < -0.4 is 14.3 Å². The van der Waals surface area contributed by atoms with Gasteiger partial charge in [0.15, 0.2) is 4.80 Å². The van der Waals surface area contributed by atoms with E-state index in [-0.39, 0.29) is 0 Å². The maximum absolute atomic E-state index is 13.0. The Bertz CT molecular complexity index is 1520. The van der Waals surface area contributed by atoms with Crippen molar-refractivity contribution in [3.05, 3.63) is 88.5 Å². The Hall–Kier alpha value is -3.40. The Morgan fingerprint density at radius 3 is 2.10 bits per heavy atom. The van der Waals surface area contributed by atoms with Crippen molar-refractivity contribution < 1.29 is 17.9 Å². The van der Waals surface area contributed by atoms with Gasteiger partial charge in [0.05, 0.1) is 30.0 Å². The second-order valence-corrected chi connectivity index (χ2v) is 11.6. The molecule has 0 saturated carbocycles. The van der Waals surface area contributed by atoms with Crippen molar-refractivity contribution in [1.29, 1.82) is 0 Å². The molecule has 0 N–H and O–H groups in total. The molecule has 0 fully saturated rings. The lowest BCUT2D eigenvalue weighted by molar-refractivity contribution is 0.340. The van der Waals surface area contributed by atoms with Crippen molar-refractivity contribution in [2.45, 2.75) is 38.6 Å². The maximum atomic E-state index is 13.0. The summed E-state index contributed by atoms with van der Waals surface area (Å²) < 4.78 is 40.5. The van der Waals surface area contributed by atoms with E-state index in [1.165, 1.54) is 9.87 Å². The Labute approximate surface area is 235 Å². The smallest absolute Gasteiger partial charge is 0.243 e. The summed E-state index contributed by atoms with van der Waals surface area (Å²) in [4.78, 5) is 6.10. The molecule has 3 aromatic carbocycles. The van der Waals surface area contributed by atoms with Crippen LogP contribution in [0.1, 0.15) is 26.3 Å². The Kier molecular flexibility index (Phi) is 9.61. The van der Waals surface area contributed by atoms with E-state index in [9.17, 15) is 8.42 Å². The van der Waals surface area contributed by atoms with Crippen LogP contribution in [0.3, 0.4) is 0 Å². The highest BCUT2D eigenvalue weighted by Gasteiger charge is 2.21. The molecule has 4 rings (SSSR count). The third-order valence-corrected chi connectivity index (χ3v) is 9.37. The standard InChI is InChI=1S/C30H35N3O4S2/c1-5-32(6-2)39(34,35)28-18-10-24(11-19-28)29-22-38-30(31-25-12-16-27(17-13-25)37-7-3)33(29)21-20-23-8-14-26(36-4)15-9-23/h8-19,22H,5-7,20-21H2,1-4H3. The lowest BCUT2D eigenvalue weighted by atomic mass is 10.1. The first-order valence-corrected chi connectivity index (χ1v) is 15.4. The molecule has 1 aromatic heterocycles. The molecule has 0 bridgehead atoms. The molecule has 0 aliphatic carbocycles. The second kappa shape index (κ2) is 13.1. The molecule has 0 unspecified atom stereocenters. The van der Waals surface area contributed by atoms with Crippen molar-refractivity contribution in [3.8, 4) is 22.8 Å². The summed E-state index contributed by atoms with van der Waals surface area (Å²) >= 11 is 1.56. The number of ether oxygens (including phenoxy) is 2. The molecule has 39 heavy (non-hydrogen) atoms. The first kappa shape index (κ1) is 28.6. The number of hydrogen-bond donors (Lipinski definition) is 0. The van der Waals surface area contributed by atoms with Gasteiger partial charge in [0, 0.05) is 25.0 Å². The van der Waals surface area contributed by atoms with Crippen LogP contribution in [0.15, 0.2) is 88.1 Å². The molecule has 0 atom stereocenters. The average Bonchev–Trinajstić information content (AvgIpc) is 3.36. The zero-order valence-electron chi connectivity index (χ0n) is 22.8. The predicted octanol–water partition coefficient (Wildman–Crippen LogP) is 6.13. The Balaban J connectivity index is 1.70. The van der Waals surface area contributed by atoms with E-state index in [1.54, 1.807) is 30.6 Å². The quantitative estimate of drug-likeness (QED) is 0.207. The van der Waals surface area contributed by atoms with Gasteiger partial charge in [-0.25, -0.2) is 13.4 Å². The minimum atomic E-state index is -3.52. The monoisotopic (exact) mass is 565 g/mol. The van der Waals surface area contributed by atoms with Crippen LogP contribution >= 0.6 is 11.3 Å². The molecule has 0 saturated heterocycles. The van der Waals surface area contributed by atoms with Crippen molar-refractivity contribution >= 4 is 27.0 Å². The van der Waals surface area contributed by atoms with Crippen molar-refractivity contribution in [2.24, 2.45) is 4.99 Å². The number of methoxy groups -OCH3 is 1. The fourth-order valence-electron chi connectivity index (χ4n) is 4.30. The van der Waals surface area contributed by atoms with Crippen LogP contribution in [0.4, 0.5) is 5.69 Å². The van der Waals surface area contributed by atoms with Crippen molar-refractivity contribution in [3.63, 3.8) is 0 Å². The zero-order valence-corrected chi connectivity index (χ0v) is 24.5. The summed E-state index contributed by atoms with van der Waals surface area (Å²) in [5.41, 5.74) is 3.96. The van der Waals surface area contributed by atoms with Gasteiger partial charge in [0.2, 0.25) is 10.0 Å². The largest absolute Gasteiger partial charge is 0.497 e. The first-order valence-electron chi connectivity index (χ1n) is 13.1. The minimum Gasteiger partial charge on any atom is -0.497 e. The molecule has 1 heterocycles. The molecule has 4 aromatic rings. The SMILES string of the molecule is CCOc1ccc(N=c2scc(-c3ccc(S(=O)(=O)N(CC)CC)cc3)n2CCc2ccc(OC)cc2)cc1. The van der Waals surface area contributed by atoms with E-state index in [1.807, 2.05) is 69.3 Å². The predicted molar refractivity (Wildman–Crippen MR) is 157 cm³/mol. The van der Waals surface area contributed by atoms with Crippen LogP contribution in [-0.4, -0.2) is 44.1 Å². The Morgan fingerprint density at radius 2 is 1.51 bits per heavy atom. The molecule has 9 heteroatoms. The van der Waals surface area contributed by atoms with Gasteiger partial charge in [-0.1, -0.05) is 38.1 Å². The Morgan fingerprint density at radius 1 is 0.872 bits per heavy atom. The molecule has 0 aliphatic heterocycles. The lowest BCUT2D eigenvalue weighted by Crippen LogP contribution is -2.30. The third-order valence-electron chi connectivity index (χ3n) is 6.45. The first-order chi connectivity index (χ1) is 18.9. The van der Waals surface area contributed by atoms with Crippen LogP contribution in [0.2, 0.25) is 0 Å². The summed E-state index contributed by atoms with van der Waals surface area (Å²) in [7, 11) is -1.85. The highest BCUT2D eigenvalue weighted by atomic mass is 32.2. The molecule has 0 amide bonds. The molecule has 0 aliphatic rings. The number of aromatic nitrogens is 1. The van der Waals surface area contributed by atoms with Gasteiger partial charge in [-0.05, 0) is 73.0 Å². The van der Waals surface area contributed by atoms with Gasteiger partial charge in [0.1, 0.15) is 11.5 Å². The maximum Gasteiger partial charge on any atom is 0.243 e. The molecule has 7 nitrogen and oxygen atoms in total. The van der Waals surface area contributed by atoms with Crippen LogP contribution in [-0.2, 0) is 23.0 Å². The van der Waals surface area contributed by atoms with Crippen LogP contribution in [0.25, 0.3) is 11.3 Å². The minimum absolute atomic E-state index is 0.300. The van der Waals surface area contributed by atoms with Gasteiger partial charge in [0.25, 0.3) is 0 Å². The highest BCUT2D eigenvalue weighted by Crippen LogP contribution is 2.25. The third kappa shape index (κ3) is 6.79. The van der Waals surface area contributed by atoms with Gasteiger partial charge in [-0.3, -0.25) is 0 Å². The number of sulfonamides is 1.